The molecule has 0 radical (unpaired) electrons. The molecule has 0 fully saturated rings. The van der Waals surface area contributed by atoms with E-state index in [0.29, 0.717) is 24.7 Å². The minimum absolute atomic E-state index is 0.0210. The number of methoxy groups -OCH3 is 1. The van der Waals surface area contributed by atoms with E-state index in [1.54, 1.807) is 7.11 Å². The van der Waals surface area contributed by atoms with Gasteiger partial charge >= 0.3 is 0 Å². The van der Waals surface area contributed by atoms with Gasteiger partial charge in [-0.2, -0.15) is 0 Å². The molecule has 1 amide bonds. The second-order valence-electron chi connectivity index (χ2n) is 5.75. The average Bonchev–Trinajstić information content (AvgIpc) is 2.59. The molecule has 0 saturated carbocycles. The fraction of sp³-hybridized carbons (Fsp3) is 0.316. The van der Waals surface area contributed by atoms with Crippen molar-refractivity contribution in [3.05, 3.63) is 60.2 Å². The van der Waals surface area contributed by atoms with E-state index in [9.17, 15) is 4.79 Å². The van der Waals surface area contributed by atoms with E-state index in [4.69, 9.17) is 9.47 Å². The highest BCUT2D eigenvalue weighted by Gasteiger charge is 2.29. The Bertz CT molecular complexity index is 638. The molecule has 2 rings (SSSR count). The molecule has 122 valence electrons. The number of ether oxygens (including phenoxy) is 2. The highest BCUT2D eigenvalue weighted by Crippen LogP contribution is 2.25. The van der Waals surface area contributed by atoms with Crippen molar-refractivity contribution in [2.45, 2.75) is 19.3 Å². The lowest BCUT2D eigenvalue weighted by Crippen LogP contribution is -2.41. The molecule has 0 spiro atoms. The SMILES string of the molecule is COc1ccccc1OCCNC(=O)C(C)(C)c1ccccc1. The molecule has 0 bridgehead atoms. The Kier molecular flexibility index (Phi) is 5.63. The summed E-state index contributed by atoms with van der Waals surface area (Å²) in [5, 5.41) is 2.92. The van der Waals surface area contributed by atoms with Crippen molar-refractivity contribution in [3.63, 3.8) is 0 Å². The van der Waals surface area contributed by atoms with Crippen LogP contribution in [0.3, 0.4) is 0 Å². The van der Waals surface area contributed by atoms with Crippen LogP contribution in [-0.2, 0) is 10.2 Å². The van der Waals surface area contributed by atoms with Crippen LogP contribution in [0.25, 0.3) is 0 Å². The number of amides is 1. The van der Waals surface area contributed by atoms with Crippen molar-refractivity contribution in [1.82, 2.24) is 5.32 Å². The fourth-order valence-corrected chi connectivity index (χ4v) is 2.27. The molecule has 0 aliphatic rings. The van der Waals surface area contributed by atoms with Crippen LogP contribution in [0.2, 0.25) is 0 Å². The minimum Gasteiger partial charge on any atom is -0.493 e. The van der Waals surface area contributed by atoms with Crippen LogP contribution in [-0.4, -0.2) is 26.2 Å². The van der Waals surface area contributed by atoms with Gasteiger partial charge in [0.2, 0.25) is 5.91 Å². The first-order valence-corrected chi connectivity index (χ1v) is 7.65. The Labute approximate surface area is 137 Å². The predicted octanol–water partition coefficient (Wildman–Crippen LogP) is 3.17. The summed E-state index contributed by atoms with van der Waals surface area (Å²) in [5.41, 5.74) is 0.411. The van der Waals surface area contributed by atoms with Crippen molar-refractivity contribution >= 4 is 5.91 Å². The molecular formula is C19H23NO3. The monoisotopic (exact) mass is 313 g/mol. The van der Waals surface area contributed by atoms with Crippen molar-refractivity contribution < 1.29 is 14.3 Å². The van der Waals surface area contributed by atoms with Gasteiger partial charge in [-0.3, -0.25) is 4.79 Å². The van der Waals surface area contributed by atoms with Gasteiger partial charge in [-0.25, -0.2) is 0 Å². The van der Waals surface area contributed by atoms with Crippen molar-refractivity contribution in [1.29, 1.82) is 0 Å². The van der Waals surface area contributed by atoms with E-state index in [1.165, 1.54) is 0 Å². The number of carbonyl (C=O) groups is 1. The van der Waals surface area contributed by atoms with Gasteiger partial charge in [-0.1, -0.05) is 42.5 Å². The van der Waals surface area contributed by atoms with Crippen LogP contribution in [0.15, 0.2) is 54.6 Å². The van der Waals surface area contributed by atoms with Crippen LogP contribution in [0.4, 0.5) is 0 Å². The lowest BCUT2D eigenvalue weighted by atomic mass is 9.84. The molecule has 2 aromatic rings. The van der Waals surface area contributed by atoms with Gasteiger partial charge in [0.1, 0.15) is 6.61 Å². The zero-order valence-corrected chi connectivity index (χ0v) is 13.8. The number of hydrogen-bond acceptors (Lipinski definition) is 3. The second-order valence-corrected chi connectivity index (χ2v) is 5.75. The third-order valence-corrected chi connectivity index (χ3v) is 3.78. The first-order valence-electron chi connectivity index (χ1n) is 7.65. The Morgan fingerprint density at radius 2 is 1.61 bits per heavy atom. The van der Waals surface area contributed by atoms with Gasteiger partial charge < -0.3 is 14.8 Å². The van der Waals surface area contributed by atoms with E-state index in [2.05, 4.69) is 5.32 Å². The number of rotatable bonds is 7. The molecule has 0 atom stereocenters. The minimum atomic E-state index is -0.578. The van der Waals surface area contributed by atoms with Gasteiger partial charge in [0.15, 0.2) is 11.5 Å². The lowest BCUT2D eigenvalue weighted by Gasteiger charge is -2.24. The normalized spacial score (nSPS) is 10.9. The maximum absolute atomic E-state index is 12.4. The van der Waals surface area contributed by atoms with Gasteiger partial charge in [0, 0.05) is 0 Å². The molecule has 0 aliphatic carbocycles. The second kappa shape index (κ2) is 7.68. The third-order valence-electron chi connectivity index (χ3n) is 3.78. The zero-order chi connectivity index (χ0) is 16.7. The van der Waals surface area contributed by atoms with Gasteiger partial charge in [-0.15, -0.1) is 0 Å². The Morgan fingerprint density at radius 3 is 2.26 bits per heavy atom. The third kappa shape index (κ3) is 4.25. The number of nitrogens with one attached hydrogen (secondary N) is 1. The topological polar surface area (TPSA) is 47.6 Å². The molecule has 0 aliphatic heterocycles. The molecule has 0 unspecified atom stereocenters. The van der Waals surface area contributed by atoms with Crippen LogP contribution in [0.1, 0.15) is 19.4 Å². The molecule has 0 saturated heterocycles. The number of hydrogen-bond donors (Lipinski definition) is 1. The van der Waals surface area contributed by atoms with E-state index in [-0.39, 0.29) is 5.91 Å². The van der Waals surface area contributed by atoms with E-state index in [0.717, 1.165) is 5.56 Å². The zero-order valence-electron chi connectivity index (χ0n) is 13.8. The maximum Gasteiger partial charge on any atom is 0.230 e. The number of para-hydroxylation sites is 2. The van der Waals surface area contributed by atoms with E-state index >= 15 is 0 Å². The summed E-state index contributed by atoms with van der Waals surface area (Å²) in [6.45, 7) is 4.65. The average molecular weight is 313 g/mol. The molecule has 1 N–H and O–H groups in total. The summed E-state index contributed by atoms with van der Waals surface area (Å²) in [6.07, 6.45) is 0. The molecule has 4 nitrogen and oxygen atoms in total. The number of carbonyl (C=O) groups excluding carboxylic acids is 1. The predicted molar refractivity (Wildman–Crippen MR) is 91.0 cm³/mol. The molecule has 0 aromatic heterocycles. The molecule has 23 heavy (non-hydrogen) atoms. The summed E-state index contributed by atoms with van der Waals surface area (Å²) in [5.74, 6) is 1.34. The van der Waals surface area contributed by atoms with E-state index in [1.807, 2.05) is 68.4 Å². The maximum atomic E-state index is 12.4. The Balaban J connectivity index is 1.85. The number of benzene rings is 2. The molecule has 0 heterocycles. The smallest absolute Gasteiger partial charge is 0.230 e. The van der Waals surface area contributed by atoms with Crippen molar-refractivity contribution in [2.24, 2.45) is 0 Å². The van der Waals surface area contributed by atoms with Gasteiger partial charge in [0.25, 0.3) is 0 Å². The van der Waals surface area contributed by atoms with Crippen LogP contribution < -0.4 is 14.8 Å². The Morgan fingerprint density at radius 1 is 1.00 bits per heavy atom. The van der Waals surface area contributed by atoms with Crippen LogP contribution in [0.5, 0.6) is 11.5 Å². The van der Waals surface area contributed by atoms with E-state index < -0.39 is 5.41 Å². The first-order chi connectivity index (χ1) is 11.1. The van der Waals surface area contributed by atoms with Crippen molar-refractivity contribution in [3.8, 4) is 11.5 Å². The molecule has 2 aromatic carbocycles. The lowest BCUT2D eigenvalue weighted by molar-refractivity contribution is -0.125. The summed E-state index contributed by atoms with van der Waals surface area (Å²) in [4.78, 5) is 12.4. The first kappa shape index (κ1) is 16.9. The standard InChI is InChI=1S/C19H23NO3/c1-19(2,15-9-5-4-6-10-15)18(21)20-13-14-23-17-12-8-7-11-16(17)22-3/h4-12H,13-14H2,1-3H3,(H,20,21). The van der Waals surface area contributed by atoms with Crippen molar-refractivity contribution in [2.75, 3.05) is 20.3 Å². The fourth-order valence-electron chi connectivity index (χ4n) is 2.27. The van der Waals surface area contributed by atoms with Gasteiger partial charge in [-0.05, 0) is 31.5 Å². The summed E-state index contributed by atoms with van der Waals surface area (Å²) < 4.78 is 10.9. The van der Waals surface area contributed by atoms with Gasteiger partial charge in [0.05, 0.1) is 19.1 Å². The quantitative estimate of drug-likeness (QED) is 0.799. The Hall–Kier alpha value is -2.49. The summed E-state index contributed by atoms with van der Waals surface area (Å²) in [6, 6.07) is 17.2. The summed E-state index contributed by atoms with van der Waals surface area (Å²) >= 11 is 0. The molecular weight excluding hydrogens is 290 g/mol. The van der Waals surface area contributed by atoms with Crippen LogP contribution in [0, 0.1) is 0 Å². The van der Waals surface area contributed by atoms with Crippen LogP contribution >= 0.6 is 0 Å². The largest absolute Gasteiger partial charge is 0.493 e. The highest BCUT2D eigenvalue weighted by atomic mass is 16.5. The summed E-state index contributed by atoms with van der Waals surface area (Å²) in [7, 11) is 1.60. The highest BCUT2D eigenvalue weighted by molar-refractivity contribution is 5.87. The molecule has 4 heteroatoms.